The van der Waals surface area contributed by atoms with Crippen LogP contribution in [0.3, 0.4) is 0 Å². The van der Waals surface area contributed by atoms with E-state index in [9.17, 15) is 14.4 Å². The third-order valence-corrected chi connectivity index (χ3v) is 10.2. The van der Waals surface area contributed by atoms with Crippen molar-refractivity contribution < 1.29 is 28.6 Å². The van der Waals surface area contributed by atoms with Gasteiger partial charge < -0.3 is 14.2 Å². The standard InChI is InChI=1S/C58H92O6/c1-4-7-10-13-16-19-22-25-28-31-33-36-39-42-45-48-51-57(60)63-54-55(64-58(61)52-49-46-43-40-37-34-30-27-24-21-18-15-12-9-6-3)53-62-56(59)50-47-44-41-38-35-32-29-26-23-20-17-14-11-8-5-2/h8-9,11-12,17-22,26-31,35,37-38,40,55H,4-7,10,13-16,23-25,32-34,36,39,41-54H2,1-3H3/b11-8-,12-9-,20-17-,21-18-,22-19-,29-26-,30-27-,31-28-,38-35-,40-37-. The lowest BCUT2D eigenvalue weighted by Gasteiger charge is -2.18. The summed E-state index contributed by atoms with van der Waals surface area (Å²) in [4.78, 5) is 38.0. The van der Waals surface area contributed by atoms with Crippen LogP contribution in [0.5, 0.6) is 0 Å². The maximum atomic E-state index is 12.8. The van der Waals surface area contributed by atoms with Crippen molar-refractivity contribution in [3.63, 3.8) is 0 Å². The summed E-state index contributed by atoms with van der Waals surface area (Å²) in [6.07, 6.45) is 70.4. The highest BCUT2D eigenvalue weighted by atomic mass is 16.6. The van der Waals surface area contributed by atoms with Gasteiger partial charge >= 0.3 is 17.9 Å². The lowest BCUT2D eigenvalue weighted by molar-refractivity contribution is -0.167. The second kappa shape index (κ2) is 51.4. The molecule has 64 heavy (non-hydrogen) atoms. The summed E-state index contributed by atoms with van der Waals surface area (Å²) in [5.74, 6) is -1.03. The van der Waals surface area contributed by atoms with Crippen molar-refractivity contribution in [2.24, 2.45) is 0 Å². The molecule has 6 nitrogen and oxygen atoms in total. The molecule has 0 aliphatic heterocycles. The fraction of sp³-hybridized carbons (Fsp3) is 0.603. The number of carbonyl (C=O) groups is 3. The molecule has 0 aromatic carbocycles. The smallest absolute Gasteiger partial charge is 0.306 e. The highest BCUT2D eigenvalue weighted by Gasteiger charge is 2.19. The summed E-state index contributed by atoms with van der Waals surface area (Å²) in [5, 5.41) is 0. The minimum atomic E-state index is -0.826. The number of allylic oxidation sites excluding steroid dienone is 20. The zero-order valence-electron chi connectivity index (χ0n) is 41.0. The molecule has 0 rings (SSSR count). The molecular weight excluding hydrogens is 793 g/mol. The maximum Gasteiger partial charge on any atom is 0.306 e. The SMILES string of the molecule is CC/C=C\C/C=C\C/C=C\C/C=C\CCCCC(=O)OCC(COC(=O)CCCCCCC/C=C\C/C=C\CCCCCC)OC(=O)CCCC/C=C\C/C=C\C/C=C\C/C=C\CC. The third-order valence-electron chi connectivity index (χ3n) is 10.2. The first-order valence-electron chi connectivity index (χ1n) is 25.5. The van der Waals surface area contributed by atoms with Crippen LogP contribution in [0.2, 0.25) is 0 Å². The highest BCUT2D eigenvalue weighted by molar-refractivity contribution is 5.71. The first kappa shape index (κ1) is 59.8. The van der Waals surface area contributed by atoms with E-state index in [0.29, 0.717) is 19.3 Å². The van der Waals surface area contributed by atoms with E-state index in [1.54, 1.807) is 0 Å². The minimum Gasteiger partial charge on any atom is -0.462 e. The first-order chi connectivity index (χ1) is 31.5. The molecule has 1 atom stereocenters. The number of hydrogen-bond acceptors (Lipinski definition) is 6. The number of rotatable bonds is 44. The first-order valence-corrected chi connectivity index (χ1v) is 25.5. The lowest BCUT2D eigenvalue weighted by Crippen LogP contribution is -2.30. The number of hydrogen-bond donors (Lipinski definition) is 0. The van der Waals surface area contributed by atoms with Crippen LogP contribution in [0, 0.1) is 0 Å². The van der Waals surface area contributed by atoms with Gasteiger partial charge in [-0.15, -0.1) is 0 Å². The molecule has 0 bridgehead atoms. The van der Waals surface area contributed by atoms with Crippen molar-refractivity contribution in [2.45, 2.75) is 213 Å². The summed E-state index contributed by atoms with van der Waals surface area (Å²) in [6.45, 7) is 6.29. The summed E-state index contributed by atoms with van der Waals surface area (Å²) in [7, 11) is 0. The van der Waals surface area contributed by atoms with Crippen molar-refractivity contribution in [1.82, 2.24) is 0 Å². The molecule has 0 heterocycles. The Morgan fingerprint density at radius 3 is 0.984 bits per heavy atom. The summed E-state index contributed by atoms with van der Waals surface area (Å²) >= 11 is 0. The largest absolute Gasteiger partial charge is 0.462 e. The summed E-state index contributed by atoms with van der Waals surface area (Å²) in [6, 6.07) is 0. The van der Waals surface area contributed by atoms with Gasteiger partial charge in [0.1, 0.15) is 13.2 Å². The normalized spacial score (nSPS) is 13.1. The van der Waals surface area contributed by atoms with E-state index in [1.165, 1.54) is 32.1 Å². The van der Waals surface area contributed by atoms with Crippen LogP contribution in [-0.2, 0) is 28.6 Å². The van der Waals surface area contributed by atoms with E-state index in [1.807, 2.05) is 0 Å². The minimum absolute atomic E-state index is 0.119. The van der Waals surface area contributed by atoms with E-state index in [0.717, 1.165) is 122 Å². The Hall–Kier alpha value is -4.19. The van der Waals surface area contributed by atoms with Gasteiger partial charge in [0.2, 0.25) is 0 Å². The van der Waals surface area contributed by atoms with Crippen molar-refractivity contribution >= 4 is 17.9 Å². The van der Waals surface area contributed by atoms with Crippen molar-refractivity contribution in [1.29, 1.82) is 0 Å². The van der Waals surface area contributed by atoms with E-state index in [4.69, 9.17) is 14.2 Å². The van der Waals surface area contributed by atoms with Crippen molar-refractivity contribution in [3.05, 3.63) is 122 Å². The van der Waals surface area contributed by atoms with Crippen LogP contribution in [0.15, 0.2) is 122 Å². The zero-order valence-corrected chi connectivity index (χ0v) is 41.0. The molecule has 0 aromatic rings. The molecule has 0 saturated carbocycles. The molecule has 0 fully saturated rings. The molecule has 0 N–H and O–H groups in total. The van der Waals surface area contributed by atoms with Crippen LogP contribution >= 0.6 is 0 Å². The van der Waals surface area contributed by atoms with Gasteiger partial charge in [0.15, 0.2) is 6.10 Å². The van der Waals surface area contributed by atoms with Gasteiger partial charge in [-0.3, -0.25) is 14.4 Å². The molecule has 0 aromatic heterocycles. The van der Waals surface area contributed by atoms with Crippen molar-refractivity contribution in [3.8, 4) is 0 Å². The Bertz CT molecular complexity index is 1390. The van der Waals surface area contributed by atoms with Gasteiger partial charge in [-0.2, -0.15) is 0 Å². The van der Waals surface area contributed by atoms with Crippen molar-refractivity contribution in [2.75, 3.05) is 13.2 Å². The molecule has 6 heteroatoms. The summed E-state index contributed by atoms with van der Waals surface area (Å²) < 4.78 is 16.7. The summed E-state index contributed by atoms with van der Waals surface area (Å²) in [5.41, 5.74) is 0. The van der Waals surface area contributed by atoms with E-state index in [2.05, 4.69) is 142 Å². The van der Waals surface area contributed by atoms with Gasteiger partial charge in [-0.05, 0) is 128 Å². The molecule has 0 amide bonds. The molecule has 0 spiro atoms. The average Bonchev–Trinajstić information content (AvgIpc) is 3.29. The van der Waals surface area contributed by atoms with Crippen LogP contribution in [-0.4, -0.2) is 37.2 Å². The number of unbranched alkanes of at least 4 members (excludes halogenated alkanes) is 13. The number of carbonyl (C=O) groups excluding carboxylic acids is 3. The second-order valence-corrected chi connectivity index (χ2v) is 16.3. The Kier molecular flexibility index (Phi) is 48.1. The van der Waals surface area contributed by atoms with Crippen LogP contribution in [0.4, 0.5) is 0 Å². The van der Waals surface area contributed by atoms with Gasteiger partial charge in [-0.1, -0.05) is 181 Å². The number of ether oxygens (including phenoxy) is 3. The predicted octanol–water partition coefficient (Wildman–Crippen LogP) is 16.9. The molecule has 0 aliphatic rings. The van der Waals surface area contributed by atoms with Crippen LogP contribution < -0.4 is 0 Å². The Labute approximate surface area is 392 Å². The molecule has 0 aliphatic carbocycles. The zero-order chi connectivity index (χ0) is 46.5. The second-order valence-electron chi connectivity index (χ2n) is 16.3. The number of esters is 3. The van der Waals surface area contributed by atoms with Gasteiger partial charge in [0, 0.05) is 19.3 Å². The Morgan fingerprint density at radius 2 is 0.609 bits per heavy atom. The lowest BCUT2D eigenvalue weighted by atomic mass is 10.1. The maximum absolute atomic E-state index is 12.8. The predicted molar refractivity (Wildman–Crippen MR) is 274 cm³/mol. The topological polar surface area (TPSA) is 78.9 Å². The van der Waals surface area contributed by atoms with E-state index >= 15 is 0 Å². The monoisotopic (exact) mass is 885 g/mol. The van der Waals surface area contributed by atoms with Gasteiger partial charge in [-0.25, -0.2) is 0 Å². The Morgan fingerprint density at radius 1 is 0.328 bits per heavy atom. The van der Waals surface area contributed by atoms with Gasteiger partial charge in [0.25, 0.3) is 0 Å². The quantitative estimate of drug-likeness (QED) is 0.0262. The highest BCUT2D eigenvalue weighted by Crippen LogP contribution is 2.11. The fourth-order valence-electron chi connectivity index (χ4n) is 6.39. The van der Waals surface area contributed by atoms with Crippen LogP contribution in [0.1, 0.15) is 207 Å². The molecule has 1 unspecified atom stereocenters. The Balaban J connectivity index is 4.57. The molecule has 360 valence electrons. The molecular formula is C58H92O6. The fourth-order valence-corrected chi connectivity index (χ4v) is 6.39. The van der Waals surface area contributed by atoms with Crippen LogP contribution in [0.25, 0.3) is 0 Å². The van der Waals surface area contributed by atoms with E-state index in [-0.39, 0.29) is 44.0 Å². The molecule has 0 saturated heterocycles. The third kappa shape index (κ3) is 48.8. The molecule has 0 radical (unpaired) electrons. The average molecular weight is 885 g/mol. The van der Waals surface area contributed by atoms with Gasteiger partial charge in [0.05, 0.1) is 0 Å². The van der Waals surface area contributed by atoms with E-state index < -0.39 is 6.10 Å².